The Morgan fingerprint density at radius 2 is 1.88 bits per heavy atom. The molecule has 0 bridgehead atoms. The summed E-state index contributed by atoms with van der Waals surface area (Å²) in [5.74, 6) is 0.925. The monoisotopic (exact) mass is 249 g/mol. The average molecular weight is 250 g/mol. The third kappa shape index (κ3) is 2.80. The van der Waals surface area contributed by atoms with Crippen molar-refractivity contribution in [3.63, 3.8) is 0 Å². The standard InChI is InChI=1S/C13H16ClN3/c1-9-4-10(2)6-11(5-9)15-8-13-16-7-12(14)17(13)3/h4-7,15H,8H2,1-3H3. The molecule has 2 aromatic rings. The maximum atomic E-state index is 5.93. The Balaban J connectivity index is 2.09. The number of aryl methyl sites for hydroxylation is 2. The first kappa shape index (κ1) is 12.0. The first-order valence-corrected chi connectivity index (χ1v) is 5.92. The molecule has 0 saturated heterocycles. The van der Waals surface area contributed by atoms with Crippen LogP contribution in [-0.4, -0.2) is 9.55 Å². The molecule has 4 heteroatoms. The molecule has 0 atom stereocenters. The van der Waals surface area contributed by atoms with Gasteiger partial charge in [0.15, 0.2) is 0 Å². The lowest BCUT2D eigenvalue weighted by atomic mass is 10.1. The molecule has 0 amide bonds. The van der Waals surface area contributed by atoms with Gasteiger partial charge < -0.3 is 9.88 Å². The number of nitrogens with one attached hydrogen (secondary N) is 1. The van der Waals surface area contributed by atoms with E-state index in [2.05, 4.69) is 42.3 Å². The van der Waals surface area contributed by atoms with Crippen LogP contribution in [0.25, 0.3) is 0 Å². The van der Waals surface area contributed by atoms with Gasteiger partial charge >= 0.3 is 0 Å². The Morgan fingerprint density at radius 1 is 1.24 bits per heavy atom. The van der Waals surface area contributed by atoms with E-state index in [9.17, 15) is 0 Å². The van der Waals surface area contributed by atoms with Crippen LogP contribution in [0.2, 0.25) is 5.15 Å². The fourth-order valence-corrected chi connectivity index (χ4v) is 1.99. The van der Waals surface area contributed by atoms with Crippen LogP contribution in [0.3, 0.4) is 0 Å². The second-order valence-electron chi connectivity index (χ2n) is 4.29. The molecule has 90 valence electrons. The fraction of sp³-hybridized carbons (Fsp3) is 0.308. The molecule has 1 aromatic carbocycles. The van der Waals surface area contributed by atoms with Gasteiger partial charge in [0, 0.05) is 12.7 Å². The zero-order valence-corrected chi connectivity index (χ0v) is 11.0. The van der Waals surface area contributed by atoms with Gasteiger partial charge in [-0.1, -0.05) is 17.7 Å². The minimum absolute atomic E-state index is 0.655. The number of halogens is 1. The molecule has 17 heavy (non-hydrogen) atoms. The van der Waals surface area contributed by atoms with Crippen LogP contribution in [0.5, 0.6) is 0 Å². The lowest BCUT2D eigenvalue weighted by Gasteiger charge is -2.08. The Bertz CT molecular complexity index is 511. The van der Waals surface area contributed by atoms with Crippen molar-refractivity contribution in [2.75, 3.05) is 5.32 Å². The molecular weight excluding hydrogens is 234 g/mol. The minimum atomic E-state index is 0.655. The smallest absolute Gasteiger partial charge is 0.128 e. The summed E-state index contributed by atoms with van der Waals surface area (Å²) in [5.41, 5.74) is 3.62. The maximum Gasteiger partial charge on any atom is 0.128 e. The summed E-state index contributed by atoms with van der Waals surface area (Å²) in [6, 6.07) is 6.40. The number of imidazole rings is 1. The van der Waals surface area contributed by atoms with Crippen molar-refractivity contribution in [1.29, 1.82) is 0 Å². The average Bonchev–Trinajstić information content (AvgIpc) is 2.56. The topological polar surface area (TPSA) is 29.9 Å². The Hall–Kier alpha value is -1.48. The minimum Gasteiger partial charge on any atom is -0.378 e. The van der Waals surface area contributed by atoms with E-state index in [1.807, 2.05) is 11.6 Å². The van der Waals surface area contributed by atoms with Gasteiger partial charge in [-0.3, -0.25) is 0 Å². The Morgan fingerprint density at radius 3 is 2.41 bits per heavy atom. The summed E-state index contributed by atoms with van der Waals surface area (Å²) in [5, 5.41) is 4.01. The molecule has 0 radical (unpaired) electrons. The molecule has 0 aliphatic heterocycles. The molecule has 1 heterocycles. The van der Waals surface area contributed by atoms with E-state index in [1.165, 1.54) is 11.1 Å². The molecule has 1 N–H and O–H groups in total. The van der Waals surface area contributed by atoms with Gasteiger partial charge in [0.2, 0.25) is 0 Å². The van der Waals surface area contributed by atoms with Crippen LogP contribution in [0.15, 0.2) is 24.4 Å². The van der Waals surface area contributed by atoms with Gasteiger partial charge in [0.05, 0.1) is 12.7 Å². The van der Waals surface area contributed by atoms with Crippen molar-refractivity contribution in [2.24, 2.45) is 7.05 Å². The molecule has 2 rings (SSSR count). The van der Waals surface area contributed by atoms with Gasteiger partial charge in [-0.25, -0.2) is 4.98 Å². The molecular formula is C13H16ClN3. The number of benzene rings is 1. The molecule has 0 aliphatic carbocycles. The van der Waals surface area contributed by atoms with Crippen molar-refractivity contribution in [3.05, 3.63) is 46.5 Å². The predicted molar refractivity (Wildman–Crippen MR) is 71.5 cm³/mol. The highest BCUT2D eigenvalue weighted by molar-refractivity contribution is 6.29. The fourth-order valence-electron chi connectivity index (χ4n) is 1.85. The van der Waals surface area contributed by atoms with E-state index < -0.39 is 0 Å². The molecule has 3 nitrogen and oxygen atoms in total. The van der Waals surface area contributed by atoms with E-state index >= 15 is 0 Å². The van der Waals surface area contributed by atoms with Crippen LogP contribution in [-0.2, 0) is 13.6 Å². The van der Waals surface area contributed by atoms with Crippen LogP contribution in [0, 0.1) is 13.8 Å². The van der Waals surface area contributed by atoms with E-state index in [0.29, 0.717) is 11.7 Å². The zero-order valence-electron chi connectivity index (χ0n) is 10.3. The summed E-state index contributed by atoms with van der Waals surface area (Å²) in [4.78, 5) is 4.24. The van der Waals surface area contributed by atoms with E-state index in [1.54, 1.807) is 6.20 Å². The summed E-state index contributed by atoms with van der Waals surface area (Å²) < 4.78 is 1.87. The molecule has 0 saturated carbocycles. The van der Waals surface area contributed by atoms with Crippen LogP contribution < -0.4 is 5.32 Å². The predicted octanol–water partition coefficient (Wildman–Crippen LogP) is 3.30. The summed E-state index contributed by atoms with van der Waals surface area (Å²) in [7, 11) is 1.91. The molecule has 0 unspecified atom stereocenters. The summed E-state index contributed by atoms with van der Waals surface area (Å²) in [6.07, 6.45) is 1.67. The van der Waals surface area contributed by atoms with E-state index in [4.69, 9.17) is 11.6 Å². The molecule has 1 aromatic heterocycles. The highest BCUT2D eigenvalue weighted by Gasteiger charge is 2.04. The first-order chi connectivity index (χ1) is 8.06. The van der Waals surface area contributed by atoms with Crippen LogP contribution >= 0.6 is 11.6 Å². The third-order valence-electron chi connectivity index (χ3n) is 2.70. The van der Waals surface area contributed by atoms with Gasteiger partial charge in [-0.2, -0.15) is 0 Å². The number of anilines is 1. The van der Waals surface area contributed by atoms with Crippen LogP contribution in [0.1, 0.15) is 17.0 Å². The van der Waals surface area contributed by atoms with Crippen molar-refractivity contribution >= 4 is 17.3 Å². The Labute approximate surface area is 106 Å². The van der Waals surface area contributed by atoms with Crippen molar-refractivity contribution in [3.8, 4) is 0 Å². The van der Waals surface area contributed by atoms with Crippen molar-refractivity contribution < 1.29 is 0 Å². The lowest BCUT2D eigenvalue weighted by molar-refractivity contribution is 0.813. The van der Waals surface area contributed by atoms with Crippen molar-refractivity contribution in [2.45, 2.75) is 20.4 Å². The SMILES string of the molecule is Cc1cc(C)cc(NCc2ncc(Cl)n2C)c1. The normalized spacial score (nSPS) is 10.6. The second-order valence-corrected chi connectivity index (χ2v) is 4.67. The zero-order chi connectivity index (χ0) is 12.4. The highest BCUT2D eigenvalue weighted by atomic mass is 35.5. The number of hydrogen-bond acceptors (Lipinski definition) is 2. The maximum absolute atomic E-state index is 5.93. The summed E-state index contributed by atoms with van der Waals surface area (Å²) in [6.45, 7) is 4.86. The lowest BCUT2D eigenvalue weighted by Crippen LogP contribution is -2.06. The number of rotatable bonds is 3. The van der Waals surface area contributed by atoms with Gasteiger partial charge in [-0.05, 0) is 37.1 Å². The largest absolute Gasteiger partial charge is 0.378 e. The van der Waals surface area contributed by atoms with Gasteiger partial charge in [0.25, 0.3) is 0 Å². The van der Waals surface area contributed by atoms with Crippen LogP contribution in [0.4, 0.5) is 5.69 Å². The highest BCUT2D eigenvalue weighted by Crippen LogP contribution is 2.15. The number of hydrogen-bond donors (Lipinski definition) is 1. The van der Waals surface area contributed by atoms with E-state index in [-0.39, 0.29) is 0 Å². The third-order valence-corrected chi connectivity index (χ3v) is 3.05. The second kappa shape index (κ2) is 4.80. The molecule has 0 fully saturated rings. The molecule has 0 spiro atoms. The van der Waals surface area contributed by atoms with E-state index in [0.717, 1.165) is 11.5 Å². The van der Waals surface area contributed by atoms with Crippen molar-refractivity contribution in [1.82, 2.24) is 9.55 Å². The quantitative estimate of drug-likeness (QED) is 0.905. The number of aromatic nitrogens is 2. The first-order valence-electron chi connectivity index (χ1n) is 5.54. The Kier molecular flexibility index (Phi) is 3.38. The number of nitrogens with zero attached hydrogens (tertiary/aromatic N) is 2. The molecule has 0 aliphatic rings. The van der Waals surface area contributed by atoms with Gasteiger partial charge in [0.1, 0.15) is 11.0 Å². The van der Waals surface area contributed by atoms with Gasteiger partial charge in [-0.15, -0.1) is 0 Å². The summed E-state index contributed by atoms with van der Waals surface area (Å²) >= 11 is 5.93.